The Kier molecular flexibility index (Phi) is 5.65. The van der Waals surface area contributed by atoms with Crippen molar-refractivity contribution in [2.75, 3.05) is 39.9 Å². The first-order valence-electron chi connectivity index (χ1n) is 5.78. The smallest absolute Gasteiger partial charge is 0.223 e. The van der Waals surface area contributed by atoms with Gasteiger partial charge in [-0.05, 0) is 33.4 Å². The van der Waals surface area contributed by atoms with E-state index in [1.807, 2.05) is 6.92 Å². The second-order valence-corrected chi connectivity index (χ2v) is 4.07. The van der Waals surface area contributed by atoms with E-state index in [4.69, 9.17) is 4.74 Å². The van der Waals surface area contributed by atoms with Gasteiger partial charge in [-0.25, -0.2) is 0 Å². The lowest BCUT2D eigenvalue weighted by molar-refractivity contribution is -0.122. The minimum atomic E-state index is 0.230. The number of carbonyl (C=O) groups excluding carboxylic acids is 1. The van der Waals surface area contributed by atoms with Gasteiger partial charge in [-0.3, -0.25) is 4.79 Å². The summed E-state index contributed by atoms with van der Waals surface area (Å²) in [4.78, 5) is 13.5. The van der Waals surface area contributed by atoms with Gasteiger partial charge in [0.1, 0.15) is 0 Å². The SMILES string of the molecule is CCOCCN(C)CC[C@@H]1CCNC1=O. The lowest BCUT2D eigenvalue weighted by Crippen LogP contribution is -2.27. The zero-order valence-electron chi connectivity index (χ0n) is 9.79. The number of hydrogen-bond donors (Lipinski definition) is 1. The summed E-state index contributed by atoms with van der Waals surface area (Å²) in [7, 11) is 2.08. The summed E-state index contributed by atoms with van der Waals surface area (Å²) in [6.45, 7) is 6.34. The van der Waals surface area contributed by atoms with E-state index in [0.29, 0.717) is 0 Å². The van der Waals surface area contributed by atoms with Gasteiger partial charge in [0.15, 0.2) is 0 Å². The number of hydrogen-bond acceptors (Lipinski definition) is 3. The fraction of sp³-hybridized carbons (Fsp3) is 0.909. The molecule has 0 radical (unpaired) electrons. The van der Waals surface area contributed by atoms with Gasteiger partial charge in [0.25, 0.3) is 0 Å². The fourth-order valence-corrected chi connectivity index (χ4v) is 1.77. The van der Waals surface area contributed by atoms with E-state index in [2.05, 4.69) is 17.3 Å². The van der Waals surface area contributed by atoms with Crippen LogP contribution in [-0.4, -0.2) is 50.7 Å². The fourth-order valence-electron chi connectivity index (χ4n) is 1.77. The van der Waals surface area contributed by atoms with Crippen LogP contribution in [0.5, 0.6) is 0 Å². The Balaban J connectivity index is 2.05. The molecule has 0 bridgehead atoms. The summed E-state index contributed by atoms with van der Waals surface area (Å²) < 4.78 is 5.28. The van der Waals surface area contributed by atoms with E-state index in [-0.39, 0.29) is 11.8 Å². The van der Waals surface area contributed by atoms with Crippen LogP contribution >= 0.6 is 0 Å². The average molecular weight is 214 g/mol. The highest BCUT2D eigenvalue weighted by molar-refractivity contribution is 5.80. The van der Waals surface area contributed by atoms with Gasteiger partial charge in [0, 0.05) is 25.6 Å². The molecular weight excluding hydrogens is 192 g/mol. The molecule has 0 unspecified atom stereocenters. The lowest BCUT2D eigenvalue weighted by atomic mass is 10.0. The third kappa shape index (κ3) is 4.62. The summed E-state index contributed by atoms with van der Waals surface area (Å²) in [5.41, 5.74) is 0. The van der Waals surface area contributed by atoms with Crippen molar-refractivity contribution in [3.63, 3.8) is 0 Å². The summed E-state index contributed by atoms with van der Waals surface area (Å²) in [6.07, 6.45) is 1.96. The van der Waals surface area contributed by atoms with Crippen LogP contribution in [-0.2, 0) is 9.53 Å². The minimum absolute atomic E-state index is 0.230. The molecule has 0 aliphatic carbocycles. The van der Waals surface area contributed by atoms with Gasteiger partial charge in [0.05, 0.1) is 6.61 Å². The lowest BCUT2D eigenvalue weighted by Gasteiger charge is -2.17. The maximum absolute atomic E-state index is 11.3. The number of carbonyl (C=O) groups is 1. The van der Waals surface area contributed by atoms with Gasteiger partial charge in [-0.1, -0.05) is 0 Å². The average Bonchev–Trinajstić information content (AvgIpc) is 2.61. The Hall–Kier alpha value is -0.610. The number of nitrogens with zero attached hydrogens (tertiary/aromatic N) is 1. The molecule has 1 heterocycles. The van der Waals surface area contributed by atoms with Crippen LogP contribution in [0.4, 0.5) is 0 Å². The molecule has 0 saturated carbocycles. The number of nitrogens with one attached hydrogen (secondary N) is 1. The monoisotopic (exact) mass is 214 g/mol. The maximum atomic E-state index is 11.3. The first-order chi connectivity index (χ1) is 7.24. The number of likely N-dealkylation sites (N-methyl/N-ethyl adjacent to an activating group) is 1. The number of amides is 1. The van der Waals surface area contributed by atoms with Crippen molar-refractivity contribution in [2.45, 2.75) is 19.8 Å². The second-order valence-electron chi connectivity index (χ2n) is 4.07. The van der Waals surface area contributed by atoms with Gasteiger partial charge in [-0.2, -0.15) is 0 Å². The predicted molar refractivity (Wildman–Crippen MR) is 59.7 cm³/mol. The van der Waals surface area contributed by atoms with E-state index in [1.165, 1.54) is 0 Å². The predicted octanol–water partition coefficient (Wildman–Crippen LogP) is 0.481. The summed E-state index contributed by atoms with van der Waals surface area (Å²) in [6, 6.07) is 0. The minimum Gasteiger partial charge on any atom is -0.380 e. The quantitative estimate of drug-likeness (QED) is 0.627. The molecular formula is C11H22N2O2. The molecule has 1 rings (SSSR count). The normalized spacial score (nSPS) is 21.0. The largest absolute Gasteiger partial charge is 0.380 e. The molecule has 4 heteroatoms. The van der Waals surface area contributed by atoms with Gasteiger partial charge >= 0.3 is 0 Å². The third-order valence-electron chi connectivity index (χ3n) is 2.84. The van der Waals surface area contributed by atoms with Crippen LogP contribution in [0, 0.1) is 5.92 Å². The molecule has 15 heavy (non-hydrogen) atoms. The highest BCUT2D eigenvalue weighted by Gasteiger charge is 2.23. The Labute approximate surface area is 92.0 Å². The molecule has 0 aromatic carbocycles. The zero-order valence-corrected chi connectivity index (χ0v) is 9.79. The standard InChI is InChI=1S/C11H22N2O2/c1-3-15-9-8-13(2)7-5-10-4-6-12-11(10)14/h10H,3-9H2,1-2H3,(H,12,14)/t10-/m0/s1. The van der Waals surface area contributed by atoms with E-state index in [1.54, 1.807) is 0 Å². The molecule has 0 spiro atoms. The van der Waals surface area contributed by atoms with Crippen molar-refractivity contribution in [1.29, 1.82) is 0 Å². The van der Waals surface area contributed by atoms with Crippen LogP contribution < -0.4 is 5.32 Å². The van der Waals surface area contributed by atoms with Crippen LogP contribution in [0.25, 0.3) is 0 Å². The van der Waals surface area contributed by atoms with E-state index < -0.39 is 0 Å². The molecule has 1 aliphatic heterocycles. The molecule has 1 saturated heterocycles. The molecule has 1 amide bonds. The van der Waals surface area contributed by atoms with Crippen LogP contribution in [0.1, 0.15) is 19.8 Å². The first-order valence-corrected chi connectivity index (χ1v) is 5.78. The van der Waals surface area contributed by atoms with E-state index >= 15 is 0 Å². The van der Waals surface area contributed by atoms with Crippen molar-refractivity contribution in [1.82, 2.24) is 10.2 Å². The Morgan fingerprint density at radius 1 is 1.53 bits per heavy atom. The second kappa shape index (κ2) is 6.80. The number of rotatable bonds is 7. The first kappa shape index (κ1) is 12.5. The van der Waals surface area contributed by atoms with Crippen molar-refractivity contribution in [3.05, 3.63) is 0 Å². The van der Waals surface area contributed by atoms with Crippen molar-refractivity contribution >= 4 is 5.91 Å². The summed E-state index contributed by atoms with van der Waals surface area (Å²) in [5.74, 6) is 0.466. The van der Waals surface area contributed by atoms with Crippen LogP contribution in [0.3, 0.4) is 0 Å². The highest BCUT2D eigenvalue weighted by Crippen LogP contribution is 2.13. The molecule has 1 aliphatic rings. The van der Waals surface area contributed by atoms with E-state index in [0.717, 1.165) is 45.7 Å². The van der Waals surface area contributed by atoms with Crippen molar-refractivity contribution in [3.8, 4) is 0 Å². The Morgan fingerprint density at radius 3 is 2.93 bits per heavy atom. The molecule has 0 aromatic heterocycles. The van der Waals surface area contributed by atoms with Crippen molar-refractivity contribution < 1.29 is 9.53 Å². The molecule has 1 fully saturated rings. The zero-order chi connectivity index (χ0) is 11.1. The van der Waals surface area contributed by atoms with Gasteiger partial charge in [0.2, 0.25) is 5.91 Å². The summed E-state index contributed by atoms with van der Waals surface area (Å²) in [5, 5.41) is 2.86. The topological polar surface area (TPSA) is 41.6 Å². The highest BCUT2D eigenvalue weighted by atomic mass is 16.5. The Morgan fingerprint density at radius 2 is 2.33 bits per heavy atom. The third-order valence-corrected chi connectivity index (χ3v) is 2.84. The molecule has 4 nitrogen and oxygen atoms in total. The van der Waals surface area contributed by atoms with Gasteiger partial charge in [-0.15, -0.1) is 0 Å². The molecule has 1 N–H and O–H groups in total. The van der Waals surface area contributed by atoms with Crippen LogP contribution in [0.2, 0.25) is 0 Å². The summed E-state index contributed by atoms with van der Waals surface area (Å²) >= 11 is 0. The Bertz CT molecular complexity index is 197. The molecule has 88 valence electrons. The maximum Gasteiger partial charge on any atom is 0.223 e. The number of ether oxygens (including phenoxy) is 1. The molecule has 1 atom stereocenters. The van der Waals surface area contributed by atoms with E-state index in [9.17, 15) is 4.79 Å². The van der Waals surface area contributed by atoms with Crippen LogP contribution in [0.15, 0.2) is 0 Å². The van der Waals surface area contributed by atoms with Gasteiger partial charge < -0.3 is 15.0 Å². The molecule has 0 aromatic rings. The van der Waals surface area contributed by atoms with Crippen molar-refractivity contribution in [2.24, 2.45) is 5.92 Å².